The van der Waals surface area contributed by atoms with Gasteiger partial charge < -0.3 is 5.32 Å². The lowest BCUT2D eigenvalue weighted by Crippen LogP contribution is -2.36. The number of carbonyl (C=O) groups excluding carboxylic acids is 1. The quantitative estimate of drug-likeness (QED) is 0.883. The second-order valence-electron chi connectivity index (χ2n) is 4.77. The highest BCUT2D eigenvalue weighted by molar-refractivity contribution is 9.10. The van der Waals surface area contributed by atoms with Crippen LogP contribution in [-0.4, -0.2) is 11.9 Å². The Kier molecular flexibility index (Phi) is 4.21. The molecule has 0 atom stereocenters. The van der Waals surface area contributed by atoms with Gasteiger partial charge in [0.25, 0.3) is 5.91 Å². The number of aryl methyl sites for hydroxylation is 1. The van der Waals surface area contributed by atoms with Crippen molar-refractivity contribution in [3.05, 3.63) is 33.8 Å². The van der Waals surface area contributed by atoms with Gasteiger partial charge in [-0.05, 0) is 43.5 Å². The van der Waals surface area contributed by atoms with Crippen LogP contribution in [0.5, 0.6) is 0 Å². The molecule has 0 spiro atoms. The van der Waals surface area contributed by atoms with E-state index in [9.17, 15) is 4.79 Å². The molecule has 0 aromatic heterocycles. The van der Waals surface area contributed by atoms with Crippen molar-refractivity contribution in [2.75, 3.05) is 0 Å². The highest BCUT2D eigenvalue weighted by Gasteiger charge is 2.17. The van der Waals surface area contributed by atoms with Gasteiger partial charge in [0, 0.05) is 16.1 Å². The Morgan fingerprint density at radius 2 is 2.00 bits per heavy atom. The van der Waals surface area contributed by atoms with E-state index in [0.717, 1.165) is 28.4 Å². The summed E-state index contributed by atoms with van der Waals surface area (Å²) in [6.07, 6.45) is 6.04. The Morgan fingerprint density at radius 3 is 2.65 bits per heavy atom. The van der Waals surface area contributed by atoms with Crippen molar-refractivity contribution in [3.63, 3.8) is 0 Å². The molecule has 1 N–H and O–H groups in total. The normalized spacial score (nSPS) is 16.8. The van der Waals surface area contributed by atoms with E-state index < -0.39 is 0 Å². The summed E-state index contributed by atoms with van der Waals surface area (Å²) in [7, 11) is 0. The summed E-state index contributed by atoms with van der Waals surface area (Å²) in [6, 6.07) is 6.16. The number of benzene rings is 1. The molecule has 1 aromatic rings. The fourth-order valence-electron chi connectivity index (χ4n) is 2.39. The largest absolute Gasteiger partial charge is 0.349 e. The maximum atomic E-state index is 12.1. The topological polar surface area (TPSA) is 29.1 Å². The highest BCUT2D eigenvalue weighted by atomic mass is 79.9. The van der Waals surface area contributed by atoms with E-state index in [-0.39, 0.29) is 5.91 Å². The van der Waals surface area contributed by atoms with Gasteiger partial charge in [-0.1, -0.05) is 35.2 Å². The summed E-state index contributed by atoms with van der Waals surface area (Å²) >= 11 is 3.41. The summed E-state index contributed by atoms with van der Waals surface area (Å²) in [5.74, 6) is 0.0712. The molecule has 1 amide bonds. The first-order valence-corrected chi connectivity index (χ1v) is 7.03. The zero-order valence-corrected chi connectivity index (χ0v) is 11.7. The van der Waals surface area contributed by atoms with Gasteiger partial charge in [0.1, 0.15) is 0 Å². The van der Waals surface area contributed by atoms with E-state index in [4.69, 9.17) is 0 Å². The first kappa shape index (κ1) is 12.6. The molecule has 2 rings (SSSR count). The number of hydrogen-bond donors (Lipinski definition) is 1. The summed E-state index contributed by atoms with van der Waals surface area (Å²) in [4.78, 5) is 12.1. The predicted octanol–water partition coefficient (Wildman–Crippen LogP) is 3.82. The van der Waals surface area contributed by atoms with Gasteiger partial charge in [-0.2, -0.15) is 0 Å². The number of amides is 1. The third-order valence-corrected chi connectivity index (χ3v) is 3.87. The molecular formula is C14H18BrNO. The Morgan fingerprint density at radius 1 is 1.29 bits per heavy atom. The predicted molar refractivity (Wildman–Crippen MR) is 73.2 cm³/mol. The SMILES string of the molecule is Cc1cc(Br)ccc1C(=O)NC1CCCCC1. The Hall–Kier alpha value is -0.830. The van der Waals surface area contributed by atoms with Gasteiger partial charge in [-0.3, -0.25) is 4.79 Å². The molecule has 17 heavy (non-hydrogen) atoms. The number of rotatable bonds is 2. The minimum absolute atomic E-state index is 0.0712. The van der Waals surface area contributed by atoms with E-state index in [0.29, 0.717) is 6.04 Å². The fraction of sp³-hybridized carbons (Fsp3) is 0.500. The van der Waals surface area contributed by atoms with Gasteiger partial charge in [0.15, 0.2) is 0 Å². The molecule has 0 saturated heterocycles. The van der Waals surface area contributed by atoms with E-state index in [1.54, 1.807) is 0 Å². The van der Waals surface area contributed by atoms with Crippen LogP contribution in [0.4, 0.5) is 0 Å². The standard InChI is InChI=1S/C14H18BrNO/c1-10-9-11(15)7-8-13(10)14(17)16-12-5-3-2-4-6-12/h7-9,12H,2-6H2,1H3,(H,16,17). The molecule has 0 unspecified atom stereocenters. The third kappa shape index (κ3) is 3.32. The lowest BCUT2D eigenvalue weighted by atomic mass is 9.95. The molecule has 0 bridgehead atoms. The van der Waals surface area contributed by atoms with E-state index >= 15 is 0 Å². The molecule has 0 aliphatic heterocycles. The van der Waals surface area contributed by atoms with Gasteiger partial charge >= 0.3 is 0 Å². The van der Waals surface area contributed by atoms with Crippen LogP contribution in [0.2, 0.25) is 0 Å². The van der Waals surface area contributed by atoms with Crippen LogP contribution in [0.15, 0.2) is 22.7 Å². The van der Waals surface area contributed by atoms with Crippen LogP contribution in [0.3, 0.4) is 0 Å². The zero-order valence-electron chi connectivity index (χ0n) is 10.1. The molecule has 1 aromatic carbocycles. The average molecular weight is 296 g/mol. The first-order chi connectivity index (χ1) is 8.16. The lowest BCUT2D eigenvalue weighted by molar-refractivity contribution is 0.0927. The Balaban J connectivity index is 2.03. The number of carbonyl (C=O) groups is 1. The molecule has 1 aliphatic carbocycles. The van der Waals surface area contributed by atoms with Crippen LogP contribution in [0.25, 0.3) is 0 Å². The molecule has 2 nitrogen and oxygen atoms in total. The van der Waals surface area contributed by atoms with Crippen molar-refractivity contribution in [1.29, 1.82) is 0 Å². The molecule has 0 heterocycles. The molecule has 1 saturated carbocycles. The summed E-state index contributed by atoms with van der Waals surface area (Å²) in [5.41, 5.74) is 1.81. The molecule has 92 valence electrons. The highest BCUT2D eigenvalue weighted by Crippen LogP contribution is 2.19. The number of halogens is 1. The van der Waals surface area contributed by atoms with Crippen LogP contribution in [0.1, 0.15) is 48.0 Å². The van der Waals surface area contributed by atoms with Crippen LogP contribution in [0, 0.1) is 6.92 Å². The Labute approximate surface area is 111 Å². The van der Waals surface area contributed by atoms with Gasteiger partial charge in [-0.15, -0.1) is 0 Å². The summed E-state index contributed by atoms with van der Waals surface area (Å²) < 4.78 is 1.02. The van der Waals surface area contributed by atoms with Crippen LogP contribution in [-0.2, 0) is 0 Å². The maximum absolute atomic E-state index is 12.1. The van der Waals surface area contributed by atoms with Crippen molar-refractivity contribution in [2.45, 2.75) is 45.1 Å². The smallest absolute Gasteiger partial charge is 0.251 e. The van der Waals surface area contributed by atoms with Crippen molar-refractivity contribution in [1.82, 2.24) is 5.32 Å². The van der Waals surface area contributed by atoms with Crippen molar-refractivity contribution in [2.24, 2.45) is 0 Å². The van der Waals surface area contributed by atoms with E-state index in [1.165, 1.54) is 19.3 Å². The monoisotopic (exact) mass is 295 g/mol. The summed E-state index contributed by atoms with van der Waals surface area (Å²) in [5, 5.41) is 3.14. The number of nitrogens with one attached hydrogen (secondary N) is 1. The molecule has 0 radical (unpaired) electrons. The van der Waals surface area contributed by atoms with Gasteiger partial charge in [-0.25, -0.2) is 0 Å². The summed E-state index contributed by atoms with van der Waals surface area (Å²) in [6.45, 7) is 1.97. The third-order valence-electron chi connectivity index (χ3n) is 3.37. The van der Waals surface area contributed by atoms with E-state index in [2.05, 4.69) is 21.2 Å². The van der Waals surface area contributed by atoms with Crippen molar-refractivity contribution >= 4 is 21.8 Å². The Bertz CT molecular complexity index is 411. The minimum Gasteiger partial charge on any atom is -0.349 e. The molecular weight excluding hydrogens is 278 g/mol. The van der Waals surface area contributed by atoms with Gasteiger partial charge in [0.2, 0.25) is 0 Å². The van der Waals surface area contributed by atoms with Crippen molar-refractivity contribution < 1.29 is 4.79 Å². The minimum atomic E-state index is 0.0712. The second-order valence-corrected chi connectivity index (χ2v) is 5.68. The van der Waals surface area contributed by atoms with Crippen molar-refractivity contribution in [3.8, 4) is 0 Å². The zero-order chi connectivity index (χ0) is 12.3. The van der Waals surface area contributed by atoms with Gasteiger partial charge in [0.05, 0.1) is 0 Å². The lowest BCUT2D eigenvalue weighted by Gasteiger charge is -2.23. The molecule has 1 aliphatic rings. The second kappa shape index (κ2) is 5.67. The molecule has 1 fully saturated rings. The fourth-order valence-corrected chi connectivity index (χ4v) is 2.87. The van der Waals surface area contributed by atoms with Crippen LogP contribution >= 0.6 is 15.9 Å². The van der Waals surface area contributed by atoms with E-state index in [1.807, 2.05) is 25.1 Å². The first-order valence-electron chi connectivity index (χ1n) is 6.24. The maximum Gasteiger partial charge on any atom is 0.251 e. The van der Waals surface area contributed by atoms with Crippen LogP contribution < -0.4 is 5.32 Å². The number of hydrogen-bond acceptors (Lipinski definition) is 1. The average Bonchev–Trinajstić information content (AvgIpc) is 2.30. The molecule has 3 heteroatoms.